The number of benzene rings is 1. The van der Waals surface area contributed by atoms with Crippen molar-refractivity contribution in [3.05, 3.63) is 33.3 Å². The Balaban J connectivity index is 1.76. The van der Waals surface area contributed by atoms with Crippen molar-refractivity contribution in [1.82, 2.24) is 5.32 Å². The standard InChI is InChI=1S/C16H21BrClNO2/c1-2-21-16(20)12-4-6-13(7-5-12)19-10-11-3-8-14(17)15(18)9-11/h3,8-9,12-13,19H,2,4-7,10H2,1H3. The highest BCUT2D eigenvalue weighted by atomic mass is 79.9. The number of rotatable bonds is 5. The van der Waals surface area contributed by atoms with E-state index >= 15 is 0 Å². The lowest BCUT2D eigenvalue weighted by Crippen LogP contribution is -2.35. The highest BCUT2D eigenvalue weighted by Gasteiger charge is 2.26. The van der Waals surface area contributed by atoms with Crippen molar-refractivity contribution in [3.8, 4) is 0 Å². The van der Waals surface area contributed by atoms with E-state index in [1.807, 2.05) is 19.1 Å². The molecule has 1 aliphatic carbocycles. The molecular formula is C16H21BrClNO2. The van der Waals surface area contributed by atoms with Gasteiger partial charge in [0.25, 0.3) is 0 Å². The van der Waals surface area contributed by atoms with E-state index in [0.717, 1.165) is 41.7 Å². The van der Waals surface area contributed by atoms with Crippen molar-refractivity contribution in [1.29, 1.82) is 0 Å². The van der Waals surface area contributed by atoms with E-state index in [9.17, 15) is 4.79 Å². The van der Waals surface area contributed by atoms with E-state index in [1.54, 1.807) is 0 Å². The van der Waals surface area contributed by atoms with E-state index < -0.39 is 0 Å². The number of hydrogen-bond donors (Lipinski definition) is 1. The molecule has 0 heterocycles. The van der Waals surface area contributed by atoms with Crippen LogP contribution in [0.4, 0.5) is 0 Å². The third-order valence-corrected chi connectivity index (χ3v) is 5.16. The lowest BCUT2D eigenvalue weighted by atomic mass is 9.86. The normalized spacial score (nSPS) is 22.0. The van der Waals surface area contributed by atoms with Crippen LogP contribution in [0.2, 0.25) is 5.02 Å². The summed E-state index contributed by atoms with van der Waals surface area (Å²) in [6.07, 6.45) is 3.87. The van der Waals surface area contributed by atoms with Gasteiger partial charge >= 0.3 is 5.97 Å². The number of carbonyl (C=O) groups is 1. The highest BCUT2D eigenvalue weighted by Crippen LogP contribution is 2.26. The smallest absolute Gasteiger partial charge is 0.308 e. The molecule has 5 heteroatoms. The van der Waals surface area contributed by atoms with Gasteiger partial charge in [-0.15, -0.1) is 0 Å². The molecule has 0 saturated heterocycles. The molecule has 116 valence electrons. The van der Waals surface area contributed by atoms with Crippen molar-refractivity contribution in [3.63, 3.8) is 0 Å². The van der Waals surface area contributed by atoms with Gasteiger partial charge in [0.05, 0.1) is 17.5 Å². The maximum atomic E-state index is 11.7. The second kappa shape index (κ2) is 8.16. The molecule has 1 saturated carbocycles. The van der Waals surface area contributed by atoms with Gasteiger partial charge in [-0.2, -0.15) is 0 Å². The van der Waals surface area contributed by atoms with Crippen LogP contribution in [0.3, 0.4) is 0 Å². The van der Waals surface area contributed by atoms with Gasteiger partial charge in [0.15, 0.2) is 0 Å². The fraction of sp³-hybridized carbons (Fsp3) is 0.562. The molecule has 0 spiro atoms. The molecule has 0 radical (unpaired) electrons. The van der Waals surface area contributed by atoms with E-state index in [-0.39, 0.29) is 11.9 Å². The summed E-state index contributed by atoms with van der Waals surface area (Å²) in [6.45, 7) is 3.14. The molecule has 1 fully saturated rings. The Bertz CT molecular complexity index is 487. The van der Waals surface area contributed by atoms with Crippen LogP contribution in [0.25, 0.3) is 0 Å². The van der Waals surface area contributed by atoms with Crippen LogP contribution in [0.1, 0.15) is 38.2 Å². The maximum absolute atomic E-state index is 11.7. The average molecular weight is 375 g/mol. The number of carbonyl (C=O) groups excluding carboxylic acids is 1. The monoisotopic (exact) mass is 373 g/mol. The lowest BCUT2D eigenvalue weighted by molar-refractivity contribution is -0.149. The topological polar surface area (TPSA) is 38.3 Å². The van der Waals surface area contributed by atoms with E-state index in [1.165, 1.54) is 5.56 Å². The van der Waals surface area contributed by atoms with Crippen LogP contribution in [-0.4, -0.2) is 18.6 Å². The van der Waals surface area contributed by atoms with Crippen LogP contribution in [0.15, 0.2) is 22.7 Å². The van der Waals surface area contributed by atoms with Gasteiger partial charge < -0.3 is 10.1 Å². The molecule has 2 rings (SSSR count). The van der Waals surface area contributed by atoms with Crippen LogP contribution in [0.5, 0.6) is 0 Å². The number of ether oxygens (including phenoxy) is 1. The van der Waals surface area contributed by atoms with E-state index in [4.69, 9.17) is 16.3 Å². The summed E-state index contributed by atoms with van der Waals surface area (Å²) < 4.78 is 6.01. The van der Waals surface area contributed by atoms with Crippen LogP contribution < -0.4 is 5.32 Å². The summed E-state index contributed by atoms with van der Waals surface area (Å²) in [5, 5.41) is 4.29. The number of nitrogens with one attached hydrogen (secondary N) is 1. The molecule has 0 bridgehead atoms. The van der Waals surface area contributed by atoms with Gasteiger partial charge in [0.1, 0.15) is 0 Å². The minimum Gasteiger partial charge on any atom is -0.466 e. The predicted molar refractivity (Wildman–Crippen MR) is 88.4 cm³/mol. The summed E-state index contributed by atoms with van der Waals surface area (Å²) in [4.78, 5) is 11.7. The fourth-order valence-electron chi connectivity index (χ4n) is 2.71. The van der Waals surface area contributed by atoms with Gasteiger partial charge in [-0.1, -0.05) is 17.7 Å². The molecule has 1 N–H and O–H groups in total. The number of hydrogen-bond acceptors (Lipinski definition) is 3. The Morgan fingerprint density at radius 2 is 2.10 bits per heavy atom. The van der Waals surface area contributed by atoms with Crippen molar-refractivity contribution < 1.29 is 9.53 Å². The molecule has 3 nitrogen and oxygen atoms in total. The van der Waals surface area contributed by atoms with E-state index in [2.05, 4.69) is 27.3 Å². The number of esters is 1. The third kappa shape index (κ3) is 4.97. The van der Waals surface area contributed by atoms with Crippen LogP contribution in [-0.2, 0) is 16.1 Å². The molecule has 21 heavy (non-hydrogen) atoms. The molecule has 0 amide bonds. The molecule has 1 aromatic carbocycles. The largest absolute Gasteiger partial charge is 0.466 e. The molecule has 0 unspecified atom stereocenters. The van der Waals surface area contributed by atoms with Gasteiger partial charge in [0.2, 0.25) is 0 Å². The zero-order valence-corrected chi connectivity index (χ0v) is 14.5. The van der Waals surface area contributed by atoms with Crippen LogP contribution >= 0.6 is 27.5 Å². The first-order valence-corrected chi connectivity index (χ1v) is 8.61. The lowest BCUT2D eigenvalue weighted by Gasteiger charge is -2.28. The first kappa shape index (κ1) is 16.8. The molecule has 1 aliphatic rings. The van der Waals surface area contributed by atoms with Crippen molar-refractivity contribution in [2.75, 3.05) is 6.61 Å². The minimum absolute atomic E-state index is 0.0318. The summed E-state index contributed by atoms with van der Waals surface area (Å²) >= 11 is 9.49. The Morgan fingerprint density at radius 1 is 1.38 bits per heavy atom. The van der Waals surface area contributed by atoms with Crippen molar-refractivity contribution in [2.45, 2.75) is 45.2 Å². The summed E-state index contributed by atoms with van der Waals surface area (Å²) in [5.74, 6) is 0.0563. The zero-order chi connectivity index (χ0) is 15.2. The molecule has 0 aliphatic heterocycles. The molecular weight excluding hydrogens is 354 g/mol. The first-order chi connectivity index (χ1) is 10.1. The second-order valence-corrected chi connectivity index (χ2v) is 6.69. The Labute approximate surface area is 139 Å². The summed E-state index contributed by atoms with van der Waals surface area (Å²) in [6, 6.07) is 6.48. The summed E-state index contributed by atoms with van der Waals surface area (Å²) in [7, 11) is 0. The molecule has 0 aromatic heterocycles. The maximum Gasteiger partial charge on any atom is 0.308 e. The fourth-order valence-corrected chi connectivity index (χ4v) is 3.15. The van der Waals surface area contributed by atoms with Crippen molar-refractivity contribution in [2.24, 2.45) is 5.92 Å². The SMILES string of the molecule is CCOC(=O)C1CCC(NCc2ccc(Br)c(Cl)c2)CC1. The summed E-state index contributed by atoms with van der Waals surface area (Å²) in [5.41, 5.74) is 1.18. The van der Waals surface area contributed by atoms with Crippen molar-refractivity contribution >= 4 is 33.5 Å². The Kier molecular flexibility index (Phi) is 6.52. The van der Waals surface area contributed by atoms with Gasteiger partial charge in [0, 0.05) is 17.1 Å². The second-order valence-electron chi connectivity index (χ2n) is 5.43. The van der Waals surface area contributed by atoms with Gasteiger partial charge in [-0.25, -0.2) is 0 Å². The Hall–Kier alpha value is -0.580. The molecule has 0 atom stereocenters. The van der Waals surface area contributed by atoms with Crippen LogP contribution in [0, 0.1) is 5.92 Å². The first-order valence-electron chi connectivity index (χ1n) is 7.44. The quantitative estimate of drug-likeness (QED) is 0.780. The third-order valence-electron chi connectivity index (χ3n) is 3.93. The highest BCUT2D eigenvalue weighted by molar-refractivity contribution is 9.10. The zero-order valence-electron chi connectivity index (χ0n) is 12.2. The minimum atomic E-state index is -0.0318. The van der Waals surface area contributed by atoms with Gasteiger partial charge in [-0.05, 0) is 66.2 Å². The molecule has 1 aromatic rings. The van der Waals surface area contributed by atoms with E-state index in [0.29, 0.717) is 12.6 Å². The number of halogens is 2. The van der Waals surface area contributed by atoms with Gasteiger partial charge in [-0.3, -0.25) is 4.79 Å². The predicted octanol–water partition coefficient (Wildman–Crippen LogP) is 4.31. The Morgan fingerprint density at radius 3 is 2.71 bits per heavy atom. The average Bonchev–Trinajstić information content (AvgIpc) is 2.49.